The first-order chi connectivity index (χ1) is 7.26. The second-order valence-corrected chi connectivity index (χ2v) is 2.72. The molecule has 4 nitrogen and oxygen atoms in total. The van der Waals surface area contributed by atoms with Crippen molar-refractivity contribution in [3.63, 3.8) is 0 Å². The molecule has 0 atom stereocenters. The van der Waals surface area contributed by atoms with Crippen LogP contribution in [0.3, 0.4) is 0 Å². The van der Waals surface area contributed by atoms with Gasteiger partial charge in [0.25, 0.3) is 0 Å². The Morgan fingerprint density at radius 1 is 1.67 bits per heavy atom. The molecule has 80 valence electrons. The van der Waals surface area contributed by atoms with E-state index in [1.165, 1.54) is 12.4 Å². The standard InChI is InChI=1S/C10H12FN3O/c1-2-9(11)5-3-4-6-14-8-12-10(7-15)13-14/h2-5,8,15H,1,6-7H2/b4-3-,9-5+. The number of aromatic nitrogens is 3. The summed E-state index contributed by atoms with van der Waals surface area (Å²) in [6.45, 7) is 3.58. The number of aliphatic hydroxyl groups is 1. The van der Waals surface area contributed by atoms with Gasteiger partial charge in [0.1, 0.15) is 18.8 Å². The van der Waals surface area contributed by atoms with E-state index >= 15 is 0 Å². The molecule has 1 N–H and O–H groups in total. The average molecular weight is 209 g/mol. The van der Waals surface area contributed by atoms with E-state index in [-0.39, 0.29) is 12.4 Å². The smallest absolute Gasteiger partial charge is 0.175 e. The zero-order valence-corrected chi connectivity index (χ0v) is 8.17. The Bertz CT molecular complexity index is 382. The molecule has 1 rings (SSSR count). The molecule has 0 aliphatic heterocycles. The van der Waals surface area contributed by atoms with E-state index in [9.17, 15) is 4.39 Å². The van der Waals surface area contributed by atoms with Crippen molar-refractivity contribution in [2.75, 3.05) is 0 Å². The van der Waals surface area contributed by atoms with Crippen molar-refractivity contribution in [3.05, 3.63) is 48.9 Å². The van der Waals surface area contributed by atoms with Gasteiger partial charge in [0.2, 0.25) is 0 Å². The summed E-state index contributed by atoms with van der Waals surface area (Å²) >= 11 is 0. The Kier molecular flexibility index (Phi) is 4.43. The highest BCUT2D eigenvalue weighted by molar-refractivity contribution is 5.15. The van der Waals surface area contributed by atoms with Crippen molar-refractivity contribution in [2.45, 2.75) is 13.2 Å². The second kappa shape index (κ2) is 5.87. The minimum absolute atomic E-state index is 0.179. The lowest BCUT2D eigenvalue weighted by Crippen LogP contribution is -1.96. The number of hydrogen-bond acceptors (Lipinski definition) is 3. The minimum atomic E-state index is -0.388. The molecule has 0 saturated heterocycles. The molecular weight excluding hydrogens is 197 g/mol. The van der Waals surface area contributed by atoms with E-state index < -0.39 is 0 Å². The van der Waals surface area contributed by atoms with Gasteiger partial charge in [-0.15, -0.1) is 0 Å². The first-order valence-corrected chi connectivity index (χ1v) is 4.40. The van der Waals surface area contributed by atoms with Gasteiger partial charge >= 0.3 is 0 Å². The van der Waals surface area contributed by atoms with Gasteiger partial charge in [0.15, 0.2) is 5.82 Å². The first-order valence-electron chi connectivity index (χ1n) is 4.40. The van der Waals surface area contributed by atoms with Crippen molar-refractivity contribution in [2.24, 2.45) is 0 Å². The van der Waals surface area contributed by atoms with Crippen LogP contribution in [0.5, 0.6) is 0 Å². The summed E-state index contributed by atoms with van der Waals surface area (Å²) in [5.74, 6) is -0.0166. The van der Waals surface area contributed by atoms with E-state index in [2.05, 4.69) is 16.7 Å². The monoisotopic (exact) mass is 209 g/mol. The number of allylic oxidation sites excluding steroid dienone is 5. The maximum Gasteiger partial charge on any atom is 0.175 e. The lowest BCUT2D eigenvalue weighted by Gasteiger charge is -1.91. The molecular formula is C10H12FN3O. The predicted octanol–water partition coefficient (Wildman–Crippen LogP) is 1.37. The Labute approximate surface area is 87.1 Å². The summed E-state index contributed by atoms with van der Waals surface area (Å²) in [5.41, 5.74) is 0. The molecule has 1 aromatic rings. The molecule has 0 saturated carbocycles. The maximum absolute atomic E-state index is 12.5. The molecule has 5 heteroatoms. The summed E-state index contributed by atoms with van der Waals surface area (Å²) < 4.78 is 14.1. The summed E-state index contributed by atoms with van der Waals surface area (Å²) in [5, 5.41) is 12.6. The Morgan fingerprint density at radius 3 is 3.07 bits per heavy atom. The average Bonchev–Trinajstić information content (AvgIpc) is 2.72. The van der Waals surface area contributed by atoms with Crippen LogP contribution in [0.15, 0.2) is 43.0 Å². The largest absolute Gasteiger partial charge is 0.388 e. The number of aliphatic hydroxyl groups excluding tert-OH is 1. The third kappa shape index (κ3) is 3.86. The zero-order chi connectivity index (χ0) is 11.1. The van der Waals surface area contributed by atoms with Crippen molar-refractivity contribution in [1.82, 2.24) is 14.8 Å². The van der Waals surface area contributed by atoms with E-state index in [4.69, 9.17) is 5.11 Å². The van der Waals surface area contributed by atoms with Crippen LogP contribution >= 0.6 is 0 Å². The van der Waals surface area contributed by atoms with Crippen LogP contribution in [0.25, 0.3) is 0 Å². The fraction of sp³-hybridized carbons (Fsp3) is 0.200. The molecule has 15 heavy (non-hydrogen) atoms. The normalized spacial score (nSPS) is 12.3. The number of halogens is 1. The summed E-state index contributed by atoms with van der Waals surface area (Å²) in [6, 6.07) is 0. The molecule has 1 heterocycles. The van der Waals surface area contributed by atoms with E-state index in [1.54, 1.807) is 16.8 Å². The molecule has 0 aliphatic carbocycles. The molecule has 1 aromatic heterocycles. The van der Waals surface area contributed by atoms with Crippen LogP contribution in [0.2, 0.25) is 0 Å². The van der Waals surface area contributed by atoms with Crippen molar-refractivity contribution >= 4 is 0 Å². The van der Waals surface area contributed by atoms with Crippen LogP contribution in [-0.2, 0) is 13.2 Å². The molecule has 0 radical (unpaired) electrons. The Balaban J connectivity index is 2.46. The van der Waals surface area contributed by atoms with Gasteiger partial charge in [0.05, 0.1) is 6.54 Å². The molecule has 0 unspecified atom stereocenters. The van der Waals surface area contributed by atoms with Gasteiger partial charge in [-0.05, 0) is 12.2 Å². The fourth-order valence-electron chi connectivity index (χ4n) is 0.890. The van der Waals surface area contributed by atoms with Crippen LogP contribution in [0, 0.1) is 0 Å². The summed E-state index contributed by atoms with van der Waals surface area (Å²) in [6.07, 6.45) is 7.22. The highest BCUT2D eigenvalue weighted by Crippen LogP contribution is 1.96. The van der Waals surface area contributed by atoms with Crippen molar-refractivity contribution < 1.29 is 9.50 Å². The third-order valence-corrected chi connectivity index (χ3v) is 1.60. The minimum Gasteiger partial charge on any atom is -0.388 e. The van der Waals surface area contributed by atoms with Crippen LogP contribution in [0.1, 0.15) is 5.82 Å². The summed E-state index contributed by atoms with van der Waals surface area (Å²) in [4.78, 5) is 3.83. The van der Waals surface area contributed by atoms with E-state index in [1.807, 2.05) is 0 Å². The van der Waals surface area contributed by atoms with Gasteiger partial charge in [-0.3, -0.25) is 0 Å². The lowest BCUT2D eigenvalue weighted by molar-refractivity contribution is 0.271. The quantitative estimate of drug-likeness (QED) is 0.745. The van der Waals surface area contributed by atoms with Crippen molar-refractivity contribution in [3.8, 4) is 0 Å². The van der Waals surface area contributed by atoms with Gasteiger partial charge in [-0.1, -0.05) is 18.7 Å². The SMILES string of the molecule is C=C/C(F)=C\C=C/Cn1cnc(CO)n1. The molecule has 0 aromatic carbocycles. The van der Waals surface area contributed by atoms with Crippen LogP contribution < -0.4 is 0 Å². The Hall–Kier alpha value is -1.75. The lowest BCUT2D eigenvalue weighted by atomic mass is 10.4. The molecule has 0 aliphatic rings. The number of hydrogen-bond donors (Lipinski definition) is 1. The van der Waals surface area contributed by atoms with Crippen LogP contribution in [0.4, 0.5) is 4.39 Å². The Morgan fingerprint density at radius 2 is 2.47 bits per heavy atom. The summed E-state index contributed by atoms with van der Waals surface area (Å²) in [7, 11) is 0. The molecule has 0 spiro atoms. The van der Waals surface area contributed by atoms with Crippen LogP contribution in [-0.4, -0.2) is 19.9 Å². The molecule has 0 bridgehead atoms. The van der Waals surface area contributed by atoms with E-state index in [0.29, 0.717) is 12.4 Å². The fourth-order valence-corrected chi connectivity index (χ4v) is 0.890. The zero-order valence-electron chi connectivity index (χ0n) is 8.17. The predicted molar refractivity (Wildman–Crippen MR) is 54.5 cm³/mol. The molecule has 0 amide bonds. The van der Waals surface area contributed by atoms with Gasteiger partial charge in [-0.25, -0.2) is 14.1 Å². The van der Waals surface area contributed by atoms with Crippen molar-refractivity contribution in [1.29, 1.82) is 0 Å². The maximum atomic E-state index is 12.5. The highest BCUT2D eigenvalue weighted by Gasteiger charge is 1.95. The van der Waals surface area contributed by atoms with Gasteiger partial charge in [0, 0.05) is 0 Å². The third-order valence-electron chi connectivity index (χ3n) is 1.60. The highest BCUT2D eigenvalue weighted by atomic mass is 19.1. The van der Waals surface area contributed by atoms with Gasteiger partial charge < -0.3 is 5.11 Å². The van der Waals surface area contributed by atoms with Gasteiger partial charge in [-0.2, -0.15) is 5.10 Å². The number of rotatable bonds is 5. The first kappa shape index (κ1) is 11.3. The number of nitrogens with zero attached hydrogens (tertiary/aromatic N) is 3. The van der Waals surface area contributed by atoms with E-state index in [0.717, 1.165) is 6.08 Å². The topological polar surface area (TPSA) is 50.9 Å². The molecule has 0 fully saturated rings. The second-order valence-electron chi connectivity index (χ2n) is 2.72.